The van der Waals surface area contributed by atoms with Gasteiger partial charge in [-0.25, -0.2) is 15.0 Å². The molecule has 0 aliphatic heterocycles. The average Bonchev–Trinajstić information content (AvgIpc) is 3.57. The minimum atomic E-state index is 0.301. The van der Waals surface area contributed by atoms with Crippen LogP contribution in [0.1, 0.15) is 12.2 Å². The Morgan fingerprint density at radius 3 is 2.20 bits per heavy atom. The molecule has 0 radical (unpaired) electrons. The summed E-state index contributed by atoms with van der Waals surface area (Å²) in [5.74, 6) is 2.28. The number of para-hydroxylation sites is 1. The van der Waals surface area contributed by atoms with Gasteiger partial charge in [-0.2, -0.15) is 0 Å². The molecule has 1 atom stereocenters. The Bertz CT molecular complexity index is 2750. The van der Waals surface area contributed by atoms with Crippen molar-refractivity contribution in [2.75, 3.05) is 0 Å². The predicted octanol–water partition coefficient (Wildman–Crippen LogP) is 11.5. The Kier molecular flexibility index (Phi) is 6.28. The first-order valence-corrected chi connectivity index (χ1v) is 16.7. The fraction of sp³-hybridized carbons (Fsp3) is 0.0444. The van der Waals surface area contributed by atoms with Gasteiger partial charge in [0.1, 0.15) is 11.2 Å². The Labute approximate surface area is 283 Å². The van der Waals surface area contributed by atoms with Crippen LogP contribution in [0.15, 0.2) is 168 Å². The lowest BCUT2D eigenvalue weighted by atomic mass is 9.84. The number of allylic oxidation sites excluding steroid dienone is 8. The van der Waals surface area contributed by atoms with Crippen molar-refractivity contribution in [3.63, 3.8) is 0 Å². The summed E-state index contributed by atoms with van der Waals surface area (Å²) in [5.41, 5.74) is 8.08. The first-order valence-electron chi connectivity index (χ1n) is 16.7. The van der Waals surface area contributed by atoms with Gasteiger partial charge in [-0.05, 0) is 68.9 Å². The monoisotopic (exact) mass is 627 g/mol. The van der Waals surface area contributed by atoms with Gasteiger partial charge >= 0.3 is 0 Å². The summed E-state index contributed by atoms with van der Waals surface area (Å²) < 4.78 is 6.61. The second-order valence-electron chi connectivity index (χ2n) is 12.8. The molecule has 0 saturated heterocycles. The van der Waals surface area contributed by atoms with E-state index in [1.807, 2.05) is 18.2 Å². The van der Waals surface area contributed by atoms with Gasteiger partial charge in [0.2, 0.25) is 0 Å². The van der Waals surface area contributed by atoms with Crippen molar-refractivity contribution in [3.05, 3.63) is 169 Å². The van der Waals surface area contributed by atoms with Gasteiger partial charge in [0.05, 0.1) is 0 Å². The summed E-state index contributed by atoms with van der Waals surface area (Å²) in [6, 6.07) is 42.3. The molecule has 2 aliphatic rings. The minimum absolute atomic E-state index is 0.301. The van der Waals surface area contributed by atoms with Gasteiger partial charge in [0.25, 0.3) is 0 Å². The fourth-order valence-corrected chi connectivity index (χ4v) is 7.40. The molecule has 0 spiro atoms. The Morgan fingerprint density at radius 1 is 0.551 bits per heavy atom. The molecule has 2 aromatic heterocycles. The van der Waals surface area contributed by atoms with Crippen molar-refractivity contribution in [1.82, 2.24) is 15.0 Å². The zero-order valence-electron chi connectivity index (χ0n) is 26.5. The molecule has 2 heterocycles. The van der Waals surface area contributed by atoms with Crippen LogP contribution in [0.4, 0.5) is 0 Å². The number of fused-ring (bicyclic) bond motifs is 7. The zero-order valence-corrected chi connectivity index (χ0v) is 26.5. The van der Waals surface area contributed by atoms with Gasteiger partial charge in [-0.1, -0.05) is 134 Å². The summed E-state index contributed by atoms with van der Waals surface area (Å²) in [6.07, 6.45) is 13.9. The standard InChI is InChI=1S/C45H29N3O/c1-2-11-29(12-3-1)36-24-25-38(41-37-16-8-9-17-40(37)49-42(36)41)45-47-43(33-22-18-28-10-4-5-14-32(28)26-33)46-44(48-45)34-23-21-31-20-19-30-13-6-7-15-35(30)39(31)27-34/h1-25,27,32H,26H2. The Balaban J connectivity index is 1.23. The highest BCUT2D eigenvalue weighted by Crippen LogP contribution is 2.42. The highest BCUT2D eigenvalue weighted by Gasteiger charge is 2.24. The highest BCUT2D eigenvalue weighted by atomic mass is 16.3. The Morgan fingerprint density at radius 2 is 1.29 bits per heavy atom. The van der Waals surface area contributed by atoms with Crippen molar-refractivity contribution in [2.24, 2.45) is 5.92 Å². The molecular weight excluding hydrogens is 599 g/mol. The molecule has 1 unspecified atom stereocenters. The fourth-order valence-electron chi connectivity index (χ4n) is 7.40. The second kappa shape index (κ2) is 11.1. The van der Waals surface area contributed by atoms with E-state index in [1.165, 1.54) is 27.1 Å². The number of hydrogen-bond donors (Lipinski definition) is 0. The van der Waals surface area contributed by atoms with Crippen molar-refractivity contribution in [3.8, 4) is 33.9 Å². The van der Waals surface area contributed by atoms with E-state index in [2.05, 4.69) is 140 Å². The van der Waals surface area contributed by atoms with Gasteiger partial charge in [-0.3, -0.25) is 0 Å². The maximum Gasteiger partial charge on any atom is 0.164 e. The van der Waals surface area contributed by atoms with Crippen LogP contribution in [0.2, 0.25) is 0 Å². The smallest absolute Gasteiger partial charge is 0.164 e. The first kappa shape index (κ1) is 27.7. The summed E-state index contributed by atoms with van der Waals surface area (Å²) >= 11 is 0. The minimum Gasteiger partial charge on any atom is -0.455 e. The van der Waals surface area contributed by atoms with E-state index < -0.39 is 0 Å². The molecule has 2 aliphatic carbocycles. The lowest BCUT2D eigenvalue weighted by molar-refractivity contribution is 0.670. The second-order valence-corrected chi connectivity index (χ2v) is 12.8. The van der Waals surface area contributed by atoms with E-state index >= 15 is 0 Å². The number of rotatable bonds is 4. The topological polar surface area (TPSA) is 51.8 Å². The summed E-state index contributed by atoms with van der Waals surface area (Å²) in [6.45, 7) is 0. The van der Waals surface area contributed by atoms with Crippen molar-refractivity contribution in [2.45, 2.75) is 6.42 Å². The van der Waals surface area contributed by atoms with Crippen LogP contribution in [-0.2, 0) is 0 Å². The number of aromatic nitrogens is 3. The molecule has 0 bridgehead atoms. The van der Waals surface area contributed by atoms with E-state index in [4.69, 9.17) is 19.4 Å². The van der Waals surface area contributed by atoms with Gasteiger partial charge in [0, 0.05) is 33.4 Å². The maximum absolute atomic E-state index is 6.61. The van der Waals surface area contributed by atoms with E-state index in [0.29, 0.717) is 23.4 Å². The first-order chi connectivity index (χ1) is 24.3. The van der Waals surface area contributed by atoms with Gasteiger partial charge in [0.15, 0.2) is 17.5 Å². The van der Waals surface area contributed by atoms with E-state index in [9.17, 15) is 0 Å². The van der Waals surface area contributed by atoms with Crippen LogP contribution >= 0.6 is 0 Å². The third-order valence-electron chi connectivity index (χ3n) is 9.87. The number of furan rings is 1. The van der Waals surface area contributed by atoms with Crippen LogP contribution in [0.5, 0.6) is 0 Å². The molecule has 6 aromatic carbocycles. The third-order valence-corrected chi connectivity index (χ3v) is 9.87. The number of nitrogens with zero attached hydrogens (tertiary/aromatic N) is 3. The molecular formula is C45H29N3O. The molecule has 0 saturated carbocycles. The normalized spacial score (nSPS) is 15.6. The molecule has 0 N–H and O–H groups in total. The quantitative estimate of drug-likeness (QED) is 0.182. The summed E-state index contributed by atoms with van der Waals surface area (Å²) in [7, 11) is 0. The SMILES string of the molecule is C1=CC2=CC=C(c3nc(-c4ccc5ccc6ccccc6c5c4)nc(-c4ccc(-c5ccccc5)c5oc6ccccc6c45)n3)CC2C=C1. The van der Waals surface area contributed by atoms with Crippen molar-refractivity contribution >= 4 is 49.1 Å². The van der Waals surface area contributed by atoms with E-state index in [0.717, 1.165) is 56.2 Å². The molecule has 49 heavy (non-hydrogen) atoms. The van der Waals surface area contributed by atoms with Gasteiger partial charge in [-0.15, -0.1) is 0 Å². The summed E-state index contributed by atoms with van der Waals surface area (Å²) in [4.78, 5) is 15.7. The summed E-state index contributed by atoms with van der Waals surface area (Å²) in [5, 5.41) is 6.83. The molecule has 0 amide bonds. The average molecular weight is 628 g/mol. The highest BCUT2D eigenvalue weighted by molar-refractivity contribution is 6.16. The predicted molar refractivity (Wildman–Crippen MR) is 201 cm³/mol. The molecule has 4 heteroatoms. The molecule has 4 nitrogen and oxygen atoms in total. The van der Waals surface area contributed by atoms with Gasteiger partial charge < -0.3 is 4.42 Å². The van der Waals surface area contributed by atoms with Crippen molar-refractivity contribution < 1.29 is 4.42 Å². The number of benzene rings is 6. The van der Waals surface area contributed by atoms with Crippen LogP contribution < -0.4 is 0 Å². The largest absolute Gasteiger partial charge is 0.455 e. The zero-order chi connectivity index (χ0) is 32.3. The third kappa shape index (κ3) is 4.64. The lowest BCUT2D eigenvalue weighted by Gasteiger charge is -2.22. The molecule has 230 valence electrons. The van der Waals surface area contributed by atoms with Crippen molar-refractivity contribution in [1.29, 1.82) is 0 Å². The van der Waals surface area contributed by atoms with E-state index in [1.54, 1.807) is 0 Å². The van der Waals surface area contributed by atoms with Crippen LogP contribution in [0.3, 0.4) is 0 Å². The van der Waals surface area contributed by atoms with E-state index in [-0.39, 0.29) is 0 Å². The Hall–Kier alpha value is -6.39. The van der Waals surface area contributed by atoms with Crippen LogP contribution in [0.25, 0.3) is 83.0 Å². The van der Waals surface area contributed by atoms with Crippen LogP contribution in [-0.4, -0.2) is 15.0 Å². The molecule has 10 rings (SSSR count). The molecule has 8 aromatic rings. The van der Waals surface area contributed by atoms with Crippen LogP contribution in [0, 0.1) is 5.92 Å². The molecule has 0 fully saturated rings. The lowest BCUT2D eigenvalue weighted by Crippen LogP contribution is -2.10. The number of hydrogen-bond acceptors (Lipinski definition) is 4. The maximum atomic E-state index is 6.61.